The molecule has 0 aromatic heterocycles. The molecule has 0 amide bonds. The fourth-order valence-corrected chi connectivity index (χ4v) is 4.49. The molecule has 0 spiro atoms. The van der Waals surface area contributed by atoms with Crippen molar-refractivity contribution in [1.82, 2.24) is 9.44 Å². The molecule has 2 aromatic carbocycles. The van der Waals surface area contributed by atoms with Gasteiger partial charge in [0.05, 0.1) is 29.4 Å². The van der Waals surface area contributed by atoms with E-state index >= 15 is 0 Å². The van der Waals surface area contributed by atoms with Gasteiger partial charge >= 0.3 is 12.4 Å². The molecule has 1 aliphatic heterocycles. The monoisotopic (exact) mass is 486 g/mol. The zero-order valence-electron chi connectivity index (χ0n) is 16.3. The Morgan fingerprint density at radius 1 is 1.00 bits per heavy atom. The summed E-state index contributed by atoms with van der Waals surface area (Å²) in [5.74, 6) is -0.587. The summed E-state index contributed by atoms with van der Waals surface area (Å²) in [7, 11) is -3.95. The van der Waals surface area contributed by atoms with Crippen molar-refractivity contribution in [3.05, 3.63) is 70.5 Å². The number of rotatable bonds is 5. The molecule has 13 heteroatoms. The van der Waals surface area contributed by atoms with E-state index in [-0.39, 0.29) is 12.6 Å². The van der Waals surface area contributed by atoms with Crippen LogP contribution in [0.1, 0.15) is 35.3 Å². The summed E-state index contributed by atoms with van der Waals surface area (Å²) in [6.07, 6.45) is -11.3. The molecule has 176 valence electrons. The van der Waals surface area contributed by atoms with Gasteiger partial charge in [-0.1, -0.05) is 12.1 Å². The van der Waals surface area contributed by atoms with Crippen LogP contribution in [0.5, 0.6) is 0 Å². The van der Waals surface area contributed by atoms with Crippen LogP contribution >= 0.6 is 0 Å². The molecule has 3 rings (SSSR count). The Morgan fingerprint density at radius 3 is 1.97 bits per heavy atom. The Balaban J connectivity index is 1.92. The molecule has 1 fully saturated rings. The number of halogens is 7. The molecule has 2 atom stereocenters. The van der Waals surface area contributed by atoms with Gasteiger partial charge in [0.1, 0.15) is 5.82 Å². The number of benzene rings is 2. The second-order valence-electron chi connectivity index (χ2n) is 7.31. The lowest BCUT2D eigenvalue weighted by molar-refractivity contribution is -0.143. The number of alkyl halides is 6. The maximum atomic E-state index is 13.3. The van der Waals surface area contributed by atoms with Crippen LogP contribution < -0.4 is 9.44 Å². The summed E-state index contributed by atoms with van der Waals surface area (Å²) in [6.45, 7) is 0.554. The molecule has 1 aliphatic rings. The summed E-state index contributed by atoms with van der Waals surface area (Å²) < 4.78 is 126. The van der Waals surface area contributed by atoms with E-state index < -0.39 is 63.3 Å². The summed E-state index contributed by atoms with van der Waals surface area (Å²) in [4.78, 5) is 0. The zero-order valence-corrected chi connectivity index (χ0v) is 17.1. The lowest BCUT2D eigenvalue weighted by Crippen LogP contribution is -2.45. The largest absolute Gasteiger partial charge is 0.416 e. The molecule has 2 unspecified atom stereocenters. The predicted octanol–water partition coefficient (Wildman–Crippen LogP) is 4.27. The summed E-state index contributed by atoms with van der Waals surface area (Å²) in [5, 5.41) is 0. The highest BCUT2D eigenvalue weighted by Crippen LogP contribution is 2.38. The molecule has 0 bridgehead atoms. The Morgan fingerprint density at radius 2 is 1.53 bits per heavy atom. The van der Waals surface area contributed by atoms with Crippen LogP contribution in [0.2, 0.25) is 0 Å². The van der Waals surface area contributed by atoms with Crippen LogP contribution in [0.4, 0.5) is 30.7 Å². The Labute approximate surface area is 178 Å². The van der Waals surface area contributed by atoms with E-state index in [1.165, 1.54) is 19.1 Å². The number of nitrogens with one attached hydrogen (secondary N) is 2. The summed E-state index contributed by atoms with van der Waals surface area (Å²) in [6, 6.07) is 5.84. The van der Waals surface area contributed by atoms with Crippen molar-refractivity contribution in [2.24, 2.45) is 0 Å². The van der Waals surface area contributed by atoms with Crippen molar-refractivity contribution < 1.29 is 43.9 Å². The summed E-state index contributed by atoms with van der Waals surface area (Å²) >= 11 is 0. The number of ether oxygens (including phenoxy) is 1. The van der Waals surface area contributed by atoms with Gasteiger partial charge in [0.25, 0.3) is 10.2 Å². The first-order chi connectivity index (χ1) is 14.6. The van der Waals surface area contributed by atoms with Crippen LogP contribution in [0.25, 0.3) is 0 Å². The van der Waals surface area contributed by atoms with Crippen molar-refractivity contribution in [3.63, 3.8) is 0 Å². The molecular weight excluding hydrogens is 469 g/mol. The zero-order chi connectivity index (χ0) is 23.9. The normalized spacial score (nSPS) is 22.1. The minimum atomic E-state index is -5.02. The third-order valence-electron chi connectivity index (χ3n) is 4.95. The molecule has 5 nitrogen and oxygen atoms in total. The van der Waals surface area contributed by atoms with Gasteiger partial charge in [-0.05, 0) is 48.4 Å². The van der Waals surface area contributed by atoms with Crippen molar-refractivity contribution in [3.8, 4) is 0 Å². The van der Waals surface area contributed by atoms with Gasteiger partial charge in [0.2, 0.25) is 0 Å². The highest BCUT2D eigenvalue weighted by Gasteiger charge is 2.44. The van der Waals surface area contributed by atoms with E-state index in [4.69, 9.17) is 4.74 Å². The fourth-order valence-electron chi connectivity index (χ4n) is 3.22. The fraction of sp³-hybridized carbons (Fsp3) is 0.368. The molecule has 32 heavy (non-hydrogen) atoms. The van der Waals surface area contributed by atoms with Crippen LogP contribution in [-0.4, -0.2) is 21.6 Å². The van der Waals surface area contributed by atoms with Gasteiger partial charge in [-0.25, -0.2) is 4.39 Å². The average molecular weight is 486 g/mol. The molecule has 1 saturated heterocycles. The molecule has 0 aliphatic carbocycles. The third-order valence-corrected chi connectivity index (χ3v) is 6.13. The first kappa shape index (κ1) is 24.4. The van der Waals surface area contributed by atoms with E-state index in [1.807, 2.05) is 0 Å². The van der Waals surface area contributed by atoms with Crippen LogP contribution in [0.3, 0.4) is 0 Å². The maximum absolute atomic E-state index is 13.3. The first-order valence-electron chi connectivity index (χ1n) is 9.07. The Hall–Kier alpha value is -2.22. The minimum absolute atomic E-state index is 0.00521. The van der Waals surface area contributed by atoms with E-state index in [9.17, 15) is 39.2 Å². The highest BCUT2D eigenvalue weighted by molar-refractivity contribution is 7.87. The Kier molecular flexibility index (Phi) is 6.32. The highest BCUT2D eigenvalue weighted by atomic mass is 32.2. The molecule has 2 N–H and O–H groups in total. The Bertz CT molecular complexity index is 1050. The van der Waals surface area contributed by atoms with E-state index in [0.717, 1.165) is 12.1 Å². The average Bonchev–Trinajstić information content (AvgIpc) is 3.01. The minimum Gasteiger partial charge on any atom is -0.371 e. The predicted molar refractivity (Wildman–Crippen MR) is 98.9 cm³/mol. The lowest BCUT2D eigenvalue weighted by atomic mass is 9.92. The van der Waals surface area contributed by atoms with E-state index in [0.29, 0.717) is 17.7 Å². The third kappa shape index (κ3) is 5.39. The number of hydrogen-bond donors (Lipinski definition) is 2. The molecule has 0 saturated carbocycles. The SMILES string of the molecule is CC(OCC1(c2ccc(F)cc2)CNS(=O)(=O)N1)c1cc(C(F)(F)F)cc(C(F)(F)F)c1. The molecule has 0 radical (unpaired) electrons. The van der Waals surface area contributed by atoms with Gasteiger partial charge in [0, 0.05) is 6.54 Å². The maximum Gasteiger partial charge on any atom is 0.416 e. The smallest absolute Gasteiger partial charge is 0.371 e. The van der Waals surface area contributed by atoms with Gasteiger partial charge in [-0.2, -0.15) is 44.2 Å². The lowest BCUT2D eigenvalue weighted by Gasteiger charge is -2.29. The van der Waals surface area contributed by atoms with Crippen LogP contribution in [-0.2, 0) is 32.8 Å². The van der Waals surface area contributed by atoms with Gasteiger partial charge in [0.15, 0.2) is 0 Å². The van der Waals surface area contributed by atoms with E-state index in [2.05, 4.69) is 9.44 Å². The van der Waals surface area contributed by atoms with E-state index in [1.54, 1.807) is 0 Å². The summed E-state index contributed by atoms with van der Waals surface area (Å²) in [5.41, 5.74) is -4.53. The second-order valence-corrected chi connectivity index (χ2v) is 8.81. The van der Waals surface area contributed by atoms with Gasteiger partial charge < -0.3 is 4.74 Å². The standard InChI is InChI=1S/C19H17F7N2O3S/c1-11(12-6-14(18(21,22)23)8-15(7-12)19(24,25)26)31-10-17(9-27-32(29,30)28-17)13-2-4-16(20)5-3-13/h2-8,11,27-28H,9-10H2,1H3. The second kappa shape index (κ2) is 8.28. The van der Waals surface area contributed by atoms with Crippen molar-refractivity contribution >= 4 is 10.2 Å². The molecular formula is C19H17F7N2O3S. The topological polar surface area (TPSA) is 67.4 Å². The van der Waals surface area contributed by atoms with Crippen LogP contribution in [0.15, 0.2) is 42.5 Å². The number of hydrogen-bond acceptors (Lipinski definition) is 3. The van der Waals surface area contributed by atoms with Crippen molar-refractivity contribution in [1.29, 1.82) is 0 Å². The van der Waals surface area contributed by atoms with Gasteiger partial charge in [-0.15, -0.1) is 0 Å². The first-order valence-corrected chi connectivity index (χ1v) is 10.6. The van der Waals surface area contributed by atoms with Crippen LogP contribution in [0, 0.1) is 5.82 Å². The van der Waals surface area contributed by atoms with Crippen molar-refractivity contribution in [2.45, 2.75) is 30.9 Å². The molecule has 1 heterocycles. The quantitative estimate of drug-likeness (QED) is 0.621. The van der Waals surface area contributed by atoms with Gasteiger partial charge in [-0.3, -0.25) is 0 Å². The van der Waals surface area contributed by atoms with Crippen molar-refractivity contribution in [2.75, 3.05) is 13.2 Å². The molecule has 2 aromatic rings.